The molecule has 0 aliphatic heterocycles. The van der Waals surface area contributed by atoms with Gasteiger partial charge in [-0.05, 0) is 0 Å². The van der Waals surface area contributed by atoms with Crippen molar-refractivity contribution in [2.24, 2.45) is 11.5 Å². The van der Waals surface area contributed by atoms with Crippen LogP contribution in [0.5, 0.6) is 0 Å². The lowest BCUT2D eigenvalue weighted by Crippen LogP contribution is -2.43. The highest BCUT2D eigenvalue weighted by atomic mass is 31.1. The molecule has 0 radical (unpaired) electrons. The number of hydrogen-bond donors (Lipinski definition) is 8. The van der Waals surface area contributed by atoms with Gasteiger partial charge in [0.05, 0.1) is 26.2 Å². The van der Waals surface area contributed by atoms with Crippen LogP contribution in [-0.4, -0.2) is 116 Å². The van der Waals surface area contributed by atoms with E-state index in [1.54, 1.807) is 0 Å². The van der Waals surface area contributed by atoms with Gasteiger partial charge in [0.1, 0.15) is 0 Å². The molecule has 1 aliphatic carbocycles. The maximum Gasteiger partial charge on any atom is 0.317 e. The first-order chi connectivity index (χ1) is 14.8. The third-order valence-corrected chi connectivity index (χ3v) is 3.33. The molecule has 15 nitrogen and oxygen atoms in total. The fraction of sp³-hybridized carbons (Fsp3) is 0.750. The Hall–Kier alpha value is -2.13. The van der Waals surface area contributed by atoms with Gasteiger partial charge in [-0.2, -0.15) is 0 Å². The fourth-order valence-electron chi connectivity index (χ4n) is 1.73. The molecule has 0 heterocycles. The monoisotopic (exact) mass is 490 g/mol. The molecular weight excluding hydrogens is 455 g/mol. The zero-order chi connectivity index (χ0) is 25.5. The highest BCUT2D eigenvalue weighted by Gasteiger charge is 2.17. The van der Waals surface area contributed by atoms with E-state index in [0.717, 1.165) is 9.80 Å². The molecule has 190 valence electrons. The van der Waals surface area contributed by atoms with Crippen molar-refractivity contribution in [3.63, 3.8) is 0 Å². The minimum atomic E-state index is -3.13. The van der Waals surface area contributed by atoms with E-state index in [1.165, 1.54) is 25.7 Å². The first-order valence-electron chi connectivity index (χ1n) is 9.49. The molecule has 32 heavy (non-hydrogen) atoms. The second kappa shape index (κ2) is 23.5. The summed E-state index contributed by atoms with van der Waals surface area (Å²) in [5, 5.41) is 34.5. The Labute approximate surface area is 186 Å². The van der Waals surface area contributed by atoms with Gasteiger partial charge >= 0.3 is 32.1 Å². The number of aliphatic carboxylic acids is 4. The number of hydrogen-bond acceptors (Lipinski definition) is 9. The molecule has 0 saturated heterocycles. The highest BCUT2D eigenvalue weighted by molar-refractivity contribution is 7.30. The van der Waals surface area contributed by atoms with Crippen molar-refractivity contribution in [2.75, 3.05) is 52.4 Å². The summed E-state index contributed by atoms with van der Waals surface area (Å²) >= 11 is 0. The quantitative estimate of drug-likeness (QED) is 0.134. The van der Waals surface area contributed by atoms with Gasteiger partial charge in [0.2, 0.25) is 0 Å². The Morgan fingerprint density at radius 2 is 0.812 bits per heavy atom. The summed E-state index contributed by atoms with van der Waals surface area (Å²) in [6, 6.07) is 0. The van der Waals surface area contributed by atoms with Crippen molar-refractivity contribution in [3.8, 4) is 0 Å². The minimum Gasteiger partial charge on any atom is -0.480 e. The molecule has 1 rings (SSSR count). The Balaban J connectivity index is -0.000000563. The number of nitrogens with two attached hydrogens (primary N) is 2. The summed E-state index contributed by atoms with van der Waals surface area (Å²) in [5.41, 5.74) is 9.81. The number of carbonyl (C=O) groups is 4. The summed E-state index contributed by atoms with van der Waals surface area (Å²) in [5.74, 6) is -4.91. The Morgan fingerprint density at radius 1 is 0.625 bits per heavy atom. The molecule has 0 atom stereocenters. The SMILES string of the molecule is C1CCC1.NCCN.O=C(O)CN(CCN(CC(=O)O)CC(=O)O)CC(=O)O.O=[PH](O)O. The maximum atomic E-state index is 10.6. The van der Waals surface area contributed by atoms with Crippen molar-refractivity contribution >= 4 is 32.1 Å². The van der Waals surface area contributed by atoms with Crippen LogP contribution in [0.2, 0.25) is 0 Å². The van der Waals surface area contributed by atoms with E-state index in [0.29, 0.717) is 13.1 Å². The number of rotatable bonds is 12. The van der Waals surface area contributed by atoms with Crippen LogP contribution in [0.4, 0.5) is 0 Å². The first-order valence-corrected chi connectivity index (χ1v) is 10.8. The van der Waals surface area contributed by atoms with Gasteiger partial charge in [0, 0.05) is 26.2 Å². The Morgan fingerprint density at radius 3 is 0.906 bits per heavy atom. The first kappa shape index (κ1) is 34.5. The molecule has 0 amide bonds. The van der Waals surface area contributed by atoms with E-state index in [-0.39, 0.29) is 13.1 Å². The normalized spacial score (nSPS) is 11.7. The van der Waals surface area contributed by atoms with Crippen molar-refractivity contribution in [1.29, 1.82) is 0 Å². The van der Waals surface area contributed by atoms with Gasteiger partial charge in [-0.3, -0.25) is 33.5 Å². The van der Waals surface area contributed by atoms with E-state index >= 15 is 0 Å². The third-order valence-electron chi connectivity index (χ3n) is 3.33. The van der Waals surface area contributed by atoms with Gasteiger partial charge in [-0.1, -0.05) is 25.7 Å². The minimum absolute atomic E-state index is 0.0703. The molecule has 1 saturated carbocycles. The van der Waals surface area contributed by atoms with Crippen molar-refractivity contribution in [3.05, 3.63) is 0 Å². The lowest BCUT2D eigenvalue weighted by Gasteiger charge is -2.23. The number of nitrogens with zero attached hydrogens (tertiary/aromatic N) is 2. The molecule has 0 aromatic rings. The summed E-state index contributed by atoms with van der Waals surface area (Å²) < 4.78 is 8.74. The highest BCUT2D eigenvalue weighted by Crippen LogP contribution is 2.15. The lowest BCUT2D eigenvalue weighted by atomic mass is 10.0. The van der Waals surface area contributed by atoms with Crippen LogP contribution >= 0.6 is 8.25 Å². The van der Waals surface area contributed by atoms with E-state index in [9.17, 15) is 19.2 Å². The molecule has 0 bridgehead atoms. The van der Waals surface area contributed by atoms with Crippen LogP contribution in [0, 0.1) is 0 Å². The second-order valence-electron chi connectivity index (χ2n) is 6.27. The maximum absolute atomic E-state index is 10.6. The molecule has 0 aromatic carbocycles. The third kappa shape index (κ3) is 35.3. The average Bonchev–Trinajstić information content (AvgIpc) is 2.55. The Bertz CT molecular complexity index is 484. The van der Waals surface area contributed by atoms with Crippen LogP contribution in [0.25, 0.3) is 0 Å². The fourth-order valence-corrected chi connectivity index (χ4v) is 1.73. The van der Waals surface area contributed by atoms with Crippen molar-refractivity contribution < 1.29 is 54.0 Å². The predicted octanol–water partition coefficient (Wildman–Crippen LogP) is -2.25. The van der Waals surface area contributed by atoms with Crippen LogP contribution in [0.15, 0.2) is 0 Å². The molecule has 16 heteroatoms. The average molecular weight is 490 g/mol. The standard InChI is InChI=1S/C10H16N2O8.C4H8.C2H8N2.H3O3P/c13-7(14)3-11(4-8(15)16)1-2-12(5-9(17)18)6-10(19)20;1-2-4-3-1;3-1-2-4;1-4(2)3/h1-6H2,(H,13,14)(H,15,16)(H,17,18)(H,19,20);2*1-4H2;4H,(H2,1,2,3). The van der Waals surface area contributed by atoms with Crippen LogP contribution in [-0.2, 0) is 23.7 Å². The zero-order valence-corrected chi connectivity index (χ0v) is 18.8. The van der Waals surface area contributed by atoms with Gasteiger partial charge in [-0.25, -0.2) is 0 Å². The largest absolute Gasteiger partial charge is 0.480 e. The molecule has 1 fully saturated rings. The molecule has 10 N–H and O–H groups in total. The van der Waals surface area contributed by atoms with Crippen molar-refractivity contribution in [2.45, 2.75) is 25.7 Å². The lowest BCUT2D eigenvalue weighted by molar-refractivity contribution is -0.145. The summed E-state index contributed by atoms with van der Waals surface area (Å²) in [6.45, 7) is -1.06. The van der Waals surface area contributed by atoms with Gasteiger partial charge in [-0.15, -0.1) is 0 Å². The molecule has 0 unspecified atom stereocenters. The summed E-state index contributed by atoms with van der Waals surface area (Å²) in [4.78, 5) is 58.7. The van der Waals surface area contributed by atoms with Crippen LogP contribution in [0.1, 0.15) is 25.7 Å². The zero-order valence-electron chi connectivity index (χ0n) is 17.8. The topological polar surface area (TPSA) is 265 Å². The van der Waals surface area contributed by atoms with Crippen LogP contribution < -0.4 is 11.5 Å². The van der Waals surface area contributed by atoms with Crippen LogP contribution in [0.3, 0.4) is 0 Å². The summed E-state index contributed by atoms with van der Waals surface area (Å²) in [7, 11) is -3.13. The predicted molar refractivity (Wildman–Crippen MR) is 113 cm³/mol. The van der Waals surface area contributed by atoms with Gasteiger partial charge in [0.15, 0.2) is 0 Å². The molecular formula is C16H35N4O11P. The summed E-state index contributed by atoms with van der Waals surface area (Å²) in [6.07, 6.45) is 6.00. The second-order valence-corrected chi connectivity index (χ2v) is 6.84. The molecule has 1 aliphatic rings. The van der Waals surface area contributed by atoms with Crippen molar-refractivity contribution in [1.82, 2.24) is 9.80 Å². The van der Waals surface area contributed by atoms with E-state index < -0.39 is 58.3 Å². The molecule has 0 spiro atoms. The number of carboxylic acids is 4. The Kier molecular flexibility index (Phi) is 25.4. The smallest absolute Gasteiger partial charge is 0.317 e. The number of carboxylic acid groups (broad SMARTS) is 4. The van der Waals surface area contributed by atoms with E-state index in [2.05, 4.69) is 0 Å². The molecule has 0 aromatic heterocycles. The van der Waals surface area contributed by atoms with Gasteiger partial charge in [0.25, 0.3) is 0 Å². The van der Waals surface area contributed by atoms with E-state index in [4.69, 9.17) is 46.2 Å². The van der Waals surface area contributed by atoms with E-state index in [1.807, 2.05) is 0 Å². The van der Waals surface area contributed by atoms with Gasteiger partial charge < -0.3 is 41.7 Å².